The molecule has 0 spiro atoms. The second-order valence-corrected chi connectivity index (χ2v) is 5.22. The van der Waals surface area contributed by atoms with E-state index in [1.54, 1.807) is 26.4 Å². The minimum Gasteiger partial charge on any atom is -0.493 e. The molecule has 0 radical (unpaired) electrons. The van der Waals surface area contributed by atoms with Crippen molar-refractivity contribution in [2.24, 2.45) is 0 Å². The molecule has 106 valence electrons. The zero-order chi connectivity index (χ0) is 14.1. The monoisotopic (exact) mass is 273 g/mol. The molecular formula is C16H19NO3. The topological polar surface area (TPSA) is 38.8 Å². The van der Waals surface area contributed by atoms with E-state index in [0.29, 0.717) is 23.1 Å². The molecule has 0 aliphatic carbocycles. The van der Waals surface area contributed by atoms with Crippen LogP contribution in [0.15, 0.2) is 30.4 Å². The van der Waals surface area contributed by atoms with Gasteiger partial charge in [-0.2, -0.15) is 0 Å². The first-order chi connectivity index (χ1) is 9.76. The summed E-state index contributed by atoms with van der Waals surface area (Å²) >= 11 is 0. The Hall–Kier alpha value is -1.97. The van der Waals surface area contributed by atoms with Crippen molar-refractivity contribution in [3.63, 3.8) is 0 Å². The van der Waals surface area contributed by atoms with Gasteiger partial charge in [0, 0.05) is 6.04 Å². The van der Waals surface area contributed by atoms with E-state index in [4.69, 9.17) is 9.47 Å². The summed E-state index contributed by atoms with van der Waals surface area (Å²) in [6.07, 6.45) is 7.42. The van der Waals surface area contributed by atoms with Gasteiger partial charge in [-0.15, -0.1) is 0 Å². The van der Waals surface area contributed by atoms with Crippen LogP contribution in [0.2, 0.25) is 0 Å². The van der Waals surface area contributed by atoms with Crippen LogP contribution >= 0.6 is 0 Å². The summed E-state index contributed by atoms with van der Waals surface area (Å²) < 4.78 is 10.7. The van der Waals surface area contributed by atoms with E-state index in [-0.39, 0.29) is 11.9 Å². The molecule has 1 saturated heterocycles. The molecule has 3 rings (SSSR count). The molecule has 2 heterocycles. The summed E-state index contributed by atoms with van der Waals surface area (Å²) in [5.41, 5.74) is 0.582. The fraction of sp³-hybridized carbons (Fsp3) is 0.438. The smallest absolute Gasteiger partial charge is 0.258 e. The number of fused-ring (bicyclic) bond motifs is 2. The normalized spacial score (nSPS) is 23.8. The van der Waals surface area contributed by atoms with E-state index in [1.807, 2.05) is 11.0 Å². The standard InChI is InChI=1S/C16H19NO3/c1-19-14-8-4-7-13(15(14)20-2)16(18)17-11-5-3-6-12(17)10-9-11/h3-5,7-8,11-12H,6,9-10H2,1-2H3. The molecule has 0 saturated carbocycles. The average Bonchev–Trinajstić information content (AvgIpc) is 2.74. The summed E-state index contributed by atoms with van der Waals surface area (Å²) in [5.74, 6) is 1.16. The minimum atomic E-state index is 0.0394. The molecule has 1 fully saturated rings. The second-order valence-electron chi connectivity index (χ2n) is 5.22. The predicted molar refractivity (Wildman–Crippen MR) is 76.3 cm³/mol. The maximum atomic E-state index is 12.9. The van der Waals surface area contributed by atoms with Crippen LogP contribution in [-0.4, -0.2) is 37.1 Å². The first-order valence-electron chi connectivity index (χ1n) is 6.96. The lowest BCUT2D eigenvalue weighted by Gasteiger charge is -2.32. The predicted octanol–water partition coefficient (Wildman–Crippen LogP) is 2.64. The molecule has 2 bridgehead atoms. The van der Waals surface area contributed by atoms with Crippen molar-refractivity contribution in [1.29, 1.82) is 0 Å². The molecule has 1 aromatic carbocycles. The number of hydrogen-bond donors (Lipinski definition) is 0. The maximum Gasteiger partial charge on any atom is 0.258 e. The Kier molecular flexibility index (Phi) is 3.38. The molecule has 1 aromatic rings. The van der Waals surface area contributed by atoms with Crippen molar-refractivity contribution < 1.29 is 14.3 Å². The van der Waals surface area contributed by atoms with Crippen molar-refractivity contribution in [2.75, 3.05) is 14.2 Å². The first kappa shape index (κ1) is 13.0. The van der Waals surface area contributed by atoms with E-state index in [0.717, 1.165) is 19.3 Å². The summed E-state index contributed by atoms with van der Waals surface area (Å²) in [5, 5.41) is 0. The van der Waals surface area contributed by atoms with Crippen molar-refractivity contribution in [3.05, 3.63) is 35.9 Å². The molecular weight excluding hydrogens is 254 g/mol. The highest BCUT2D eigenvalue weighted by molar-refractivity contribution is 5.98. The summed E-state index contributed by atoms with van der Waals surface area (Å²) in [7, 11) is 3.15. The zero-order valence-electron chi connectivity index (χ0n) is 11.8. The number of carbonyl (C=O) groups excluding carboxylic acids is 1. The van der Waals surface area contributed by atoms with Crippen LogP contribution in [0.25, 0.3) is 0 Å². The van der Waals surface area contributed by atoms with Gasteiger partial charge in [0.25, 0.3) is 5.91 Å². The molecule has 4 nitrogen and oxygen atoms in total. The third-order valence-corrected chi connectivity index (χ3v) is 4.18. The number of amides is 1. The lowest BCUT2D eigenvalue weighted by molar-refractivity contribution is 0.0685. The van der Waals surface area contributed by atoms with Crippen molar-refractivity contribution in [3.8, 4) is 11.5 Å². The number of ether oxygens (including phenoxy) is 2. The molecule has 2 aliphatic rings. The summed E-state index contributed by atoms with van der Waals surface area (Å²) in [6, 6.07) is 6.00. The van der Waals surface area contributed by atoms with Gasteiger partial charge in [-0.3, -0.25) is 4.79 Å². The number of nitrogens with zero attached hydrogens (tertiary/aromatic N) is 1. The quantitative estimate of drug-likeness (QED) is 0.795. The SMILES string of the molecule is COc1cccc(C(=O)N2C3C=CCC2CC3)c1OC. The molecule has 4 heteroatoms. The lowest BCUT2D eigenvalue weighted by Crippen LogP contribution is -2.42. The van der Waals surface area contributed by atoms with Gasteiger partial charge in [0.2, 0.25) is 0 Å². The Balaban J connectivity index is 1.97. The fourth-order valence-electron chi connectivity index (χ4n) is 3.24. The maximum absolute atomic E-state index is 12.9. The average molecular weight is 273 g/mol. The summed E-state index contributed by atoms with van der Waals surface area (Å²) in [4.78, 5) is 14.9. The Morgan fingerprint density at radius 2 is 2.10 bits per heavy atom. The summed E-state index contributed by atoms with van der Waals surface area (Å²) in [6.45, 7) is 0. The third kappa shape index (κ3) is 1.96. The van der Waals surface area contributed by atoms with Crippen LogP contribution in [0.3, 0.4) is 0 Å². The van der Waals surface area contributed by atoms with Gasteiger partial charge >= 0.3 is 0 Å². The van der Waals surface area contributed by atoms with Crippen LogP contribution in [0.5, 0.6) is 11.5 Å². The number of benzene rings is 1. The highest BCUT2D eigenvalue weighted by Gasteiger charge is 2.38. The van der Waals surface area contributed by atoms with Gasteiger partial charge in [-0.25, -0.2) is 0 Å². The van der Waals surface area contributed by atoms with Gasteiger partial charge < -0.3 is 14.4 Å². The molecule has 20 heavy (non-hydrogen) atoms. The molecule has 2 unspecified atom stereocenters. The largest absolute Gasteiger partial charge is 0.493 e. The zero-order valence-corrected chi connectivity index (χ0v) is 11.8. The van der Waals surface area contributed by atoms with Crippen molar-refractivity contribution in [2.45, 2.75) is 31.3 Å². The van der Waals surface area contributed by atoms with Crippen LogP contribution in [0, 0.1) is 0 Å². The third-order valence-electron chi connectivity index (χ3n) is 4.18. The van der Waals surface area contributed by atoms with E-state index < -0.39 is 0 Å². The highest BCUT2D eigenvalue weighted by Crippen LogP contribution is 2.37. The Labute approximate surface area is 119 Å². The number of carbonyl (C=O) groups is 1. The van der Waals surface area contributed by atoms with Gasteiger partial charge in [-0.05, 0) is 31.4 Å². The van der Waals surface area contributed by atoms with E-state index in [2.05, 4.69) is 12.2 Å². The fourth-order valence-corrected chi connectivity index (χ4v) is 3.24. The second kappa shape index (κ2) is 5.19. The number of rotatable bonds is 3. The van der Waals surface area contributed by atoms with E-state index in [1.165, 1.54) is 0 Å². The van der Waals surface area contributed by atoms with E-state index >= 15 is 0 Å². The first-order valence-corrected chi connectivity index (χ1v) is 6.96. The molecule has 2 atom stereocenters. The Morgan fingerprint density at radius 1 is 1.25 bits per heavy atom. The minimum absolute atomic E-state index is 0.0394. The van der Waals surface area contributed by atoms with Gasteiger partial charge in [0.1, 0.15) is 0 Å². The van der Waals surface area contributed by atoms with Crippen molar-refractivity contribution >= 4 is 5.91 Å². The molecule has 2 aliphatic heterocycles. The number of methoxy groups -OCH3 is 2. The van der Waals surface area contributed by atoms with Crippen molar-refractivity contribution in [1.82, 2.24) is 4.90 Å². The number of hydrogen-bond acceptors (Lipinski definition) is 3. The van der Waals surface area contributed by atoms with Crippen LogP contribution in [-0.2, 0) is 0 Å². The molecule has 1 amide bonds. The van der Waals surface area contributed by atoms with E-state index in [9.17, 15) is 4.79 Å². The van der Waals surface area contributed by atoms with Gasteiger partial charge in [0.15, 0.2) is 11.5 Å². The van der Waals surface area contributed by atoms with Crippen LogP contribution in [0.4, 0.5) is 0 Å². The van der Waals surface area contributed by atoms with Gasteiger partial charge in [0.05, 0.1) is 25.8 Å². The van der Waals surface area contributed by atoms with Crippen LogP contribution in [0.1, 0.15) is 29.6 Å². The van der Waals surface area contributed by atoms with Gasteiger partial charge in [-0.1, -0.05) is 18.2 Å². The number of para-hydroxylation sites is 1. The van der Waals surface area contributed by atoms with Crippen LogP contribution < -0.4 is 9.47 Å². The lowest BCUT2D eigenvalue weighted by atomic mass is 10.1. The Morgan fingerprint density at radius 3 is 2.80 bits per heavy atom. The Bertz CT molecular complexity index is 553. The molecule has 0 N–H and O–H groups in total. The molecule has 0 aromatic heterocycles. The highest BCUT2D eigenvalue weighted by atomic mass is 16.5.